The van der Waals surface area contributed by atoms with Crippen molar-refractivity contribution in [2.75, 3.05) is 32.8 Å². The van der Waals surface area contributed by atoms with Crippen molar-refractivity contribution in [2.24, 2.45) is 0 Å². The third-order valence-electron chi connectivity index (χ3n) is 1.76. The quantitative estimate of drug-likeness (QED) is 0.794. The van der Waals surface area contributed by atoms with E-state index in [0.717, 1.165) is 0 Å². The summed E-state index contributed by atoms with van der Waals surface area (Å²) in [6.45, 7) is 5.48. The minimum atomic E-state index is -3.37. The van der Waals surface area contributed by atoms with Crippen LogP contribution in [0.1, 0.15) is 0 Å². The molecule has 1 N–H and O–H groups in total. The summed E-state index contributed by atoms with van der Waals surface area (Å²) in [5, 5.41) is 0. The Bertz CT molecular complexity index is 298. The second-order valence-corrected chi connectivity index (χ2v) is 5.73. The molecule has 0 aromatic carbocycles. The van der Waals surface area contributed by atoms with E-state index in [9.17, 15) is 8.42 Å². The van der Waals surface area contributed by atoms with E-state index in [4.69, 9.17) is 4.74 Å². The summed E-state index contributed by atoms with van der Waals surface area (Å²) in [6.07, 6.45) is 0. The lowest BCUT2D eigenvalue weighted by Gasteiger charge is -2.25. The highest BCUT2D eigenvalue weighted by Crippen LogP contribution is 2.04. The van der Waals surface area contributed by atoms with Gasteiger partial charge < -0.3 is 4.74 Å². The zero-order valence-electron chi connectivity index (χ0n) is 7.70. The van der Waals surface area contributed by atoms with E-state index in [2.05, 4.69) is 27.2 Å². The van der Waals surface area contributed by atoms with Gasteiger partial charge >= 0.3 is 0 Å². The van der Waals surface area contributed by atoms with E-state index >= 15 is 0 Å². The van der Waals surface area contributed by atoms with Gasteiger partial charge in [0.25, 0.3) is 10.2 Å². The van der Waals surface area contributed by atoms with E-state index in [-0.39, 0.29) is 6.54 Å². The molecule has 0 saturated carbocycles. The first-order chi connectivity index (χ1) is 6.52. The Morgan fingerprint density at radius 1 is 1.50 bits per heavy atom. The van der Waals surface area contributed by atoms with Gasteiger partial charge in [-0.25, -0.2) is 0 Å². The molecule has 0 radical (unpaired) electrons. The van der Waals surface area contributed by atoms with Crippen LogP contribution in [-0.4, -0.2) is 45.6 Å². The van der Waals surface area contributed by atoms with Gasteiger partial charge in [-0.05, 0) is 0 Å². The molecular formula is C7H13BrN2O3S. The second kappa shape index (κ2) is 5.22. The third-order valence-corrected chi connectivity index (χ3v) is 3.59. The molecule has 1 aliphatic heterocycles. The molecule has 1 aliphatic rings. The minimum Gasteiger partial charge on any atom is -0.379 e. The van der Waals surface area contributed by atoms with Gasteiger partial charge in [0, 0.05) is 24.1 Å². The molecule has 82 valence electrons. The fourth-order valence-corrected chi connectivity index (χ4v) is 2.54. The van der Waals surface area contributed by atoms with E-state index in [1.807, 2.05) is 0 Å². The number of halogens is 1. The molecule has 1 heterocycles. The molecule has 0 spiro atoms. The maximum atomic E-state index is 11.6. The molecule has 0 amide bonds. The number of rotatable bonds is 4. The Labute approximate surface area is 92.4 Å². The van der Waals surface area contributed by atoms with Crippen LogP contribution in [0.25, 0.3) is 0 Å². The molecule has 1 saturated heterocycles. The summed E-state index contributed by atoms with van der Waals surface area (Å²) in [5.74, 6) is 0. The lowest BCUT2D eigenvalue weighted by atomic mass is 10.5. The summed E-state index contributed by atoms with van der Waals surface area (Å²) in [7, 11) is -3.37. The van der Waals surface area contributed by atoms with Crippen LogP contribution >= 0.6 is 15.9 Å². The van der Waals surface area contributed by atoms with Crippen molar-refractivity contribution in [3.8, 4) is 0 Å². The van der Waals surface area contributed by atoms with Crippen molar-refractivity contribution in [3.05, 3.63) is 11.1 Å². The van der Waals surface area contributed by atoms with E-state index in [1.165, 1.54) is 4.31 Å². The zero-order chi connectivity index (χ0) is 10.6. The molecule has 0 aromatic rings. The van der Waals surface area contributed by atoms with Crippen LogP contribution in [-0.2, 0) is 14.9 Å². The topological polar surface area (TPSA) is 58.6 Å². The van der Waals surface area contributed by atoms with Crippen molar-refractivity contribution in [1.82, 2.24) is 9.03 Å². The Kier molecular flexibility index (Phi) is 4.52. The van der Waals surface area contributed by atoms with Crippen molar-refractivity contribution >= 4 is 26.1 Å². The standard InChI is InChI=1S/C7H13BrN2O3S/c1-7(8)6-9-14(11,12)10-2-4-13-5-3-10/h9H,1-6H2. The number of morpholine rings is 1. The lowest BCUT2D eigenvalue weighted by molar-refractivity contribution is 0.0725. The number of hydrogen-bond donors (Lipinski definition) is 1. The molecule has 1 rings (SSSR count). The highest BCUT2D eigenvalue weighted by Gasteiger charge is 2.23. The van der Waals surface area contributed by atoms with Crippen LogP contribution in [0.15, 0.2) is 11.1 Å². The fourth-order valence-electron chi connectivity index (χ4n) is 1.05. The van der Waals surface area contributed by atoms with Gasteiger partial charge in [-0.1, -0.05) is 22.5 Å². The first kappa shape index (κ1) is 12.1. The van der Waals surface area contributed by atoms with Crippen molar-refractivity contribution < 1.29 is 13.2 Å². The molecule has 0 bridgehead atoms. The predicted molar refractivity (Wildman–Crippen MR) is 57.4 cm³/mol. The summed E-state index contributed by atoms with van der Waals surface area (Å²) >= 11 is 3.09. The van der Waals surface area contributed by atoms with Gasteiger partial charge in [-0.2, -0.15) is 17.4 Å². The molecule has 0 atom stereocenters. The normalized spacial score (nSPS) is 19.5. The molecule has 7 heteroatoms. The maximum absolute atomic E-state index is 11.6. The van der Waals surface area contributed by atoms with Crippen LogP contribution in [0.3, 0.4) is 0 Å². The minimum absolute atomic E-state index is 0.208. The van der Waals surface area contributed by atoms with Crippen molar-refractivity contribution in [1.29, 1.82) is 0 Å². The lowest BCUT2D eigenvalue weighted by Crippen LogP contribution is -2.46. The SMILES string of the molecule is C=C(Br)CNS(=O)(=O)N1CCOCC1. The smallest absolute Gasteiger partial charge is 0.279 e. The Hall–Kier alpha value is 0.0500. The largest absolute Gasteiger partial charge is 0.379 e. The summed E-state index contributed by atoms with van der Waals surface area (Å²) < 4.78 is 32.6. The van der Waals surface area contributed by atoms with Crippen LogP contribution in [0.2, 0.25) is 0 Å². The highest BCUT2D eigenvalue weighted by atomic mass is 79.9. The van der Waals surface area contributed by atoms with Crippen molar-refractivity contribution in [3.63, 3.8) is 0 Å². The van der Waals surface area contributed by atoms with Crippen LogP contribution in [0.4, 0.5) is 0 Å². The van der Waals surface area contributed by atoms with E-state index in [1.54, 1.807) is 0 Å². The molecule has 1 fully saturated rings. The first-order valence-electron chi connectivity index (χ1n) is 4.18. The second-order valence-electron chi connectivity index (χ2n) is 2.85. The summed E-state index contributed by atoms with van der Waals surface area (Å²) in [6, 6.07) is 0. The monoisotopic (exact) mass is 284 g/mol. The molecule has 14 heavy (non-hydrogen) atoms. The van der Waals surface area contributed by atoms with Gasteiger partial charge in [-0.15, -0.1) is 0 Å². The van der Waals surface area contributed by atoms with Crippen molar-refractivity contribution in [2.45, 2.75) is 0 Å². The number of nitrogens with one attached hydrogen (secondary N) is 1. The molecular weight excluding hydrogens is 272 g/mol. The van der Waals surface area contributed by atoms with Gasteiger partial charge in [0.1, 0.15) is 0 Å². The number of nitrogens with zero attached hydrogens (tertiary/aromatic N) is 1. The molecule has 0 aliphatic carbocycles. The Balaban J connectivity index is 2.50. The first-order valence-corrected chi connectivity index (χ1v) is 6.41. The Morgan fingerprint density at radius 3 is 2.57 bits per heavy atom. The fraction of sp³-hybridized carbons (Fsp3) is 0.714. The maximum Gasteiger partial charge on any atom is 0.279 e. The zero-order valence-corrected chi connectivity index (χ0v) is 10.1. The average Bonchev–Trinajstić information content (AvgIpc) is 2.16. The Morgan fingerprint density at radius 2 is 2.07 bits per heavy atom. The molecule has 5 nitrogen and oxygen atoms in total. The average molecular weight is 285 g/mol. The third kappa shape index (κ3) is 3.66. The van der Waals surface area contributed by atoms with E-state index < -0.39 is 10.2 Å². The van der Waals surface area contributed by atoms with Gasteiger partial charge in [0.2, 0.25) is 0 Å². The van der Waals surface area contributed by atoms with Gasteiger partial charge in [0.05, 0.1) is 13.2 Å². The molecule has 0 aromatic heterocycles. The van der Waals surface area contributed by atoms with Crippen LogP contribution < -0.4 is 4.72 Å². The van der Waals surface area contributed by atoms with Gasteiger partial charge in [-0.3, -0.25) is 0 Å². The molecule has 0 unspecified atom stereocenters. The van der Waals surface area contributed by atoms with E-state index in [0.29, 0.717) is 30.8 Å². The van der Waals surface area contributed by atoms with Crippen LogP contribution in [0, 0.1) is 0 Å². The number of hydrogen-bond acceptors (Lipinski definition) is 3. The summed E-state index contributed by atoms with van der Waals surface area (Å²) in [4.78, 5) is 0. The highest BCUT2D eigenvalue weighted by molar-refractivity contribution is 9.11. The van der Waals surface area contributed by atoms with Gasteiger partial charge in [0.15, 0.2) is 0 Å². The number of ether oxygens (including phenoxy) is 1. The summed E-state index contributed by atoms with van der Waals surface area (Å²) in [5.41, 5.74) is 0. The van der Waals surface area contributed by atoms with Crippen LogP contribution in [0.5, 0.6) is 0 Å². The predicted octanol–water partition coefficient (Wildman–Crippen LogP) is 0.0616.